The van der Waals surface area contributed by atoms with Gasteiger partial charge in [-0.25, -0.2) is 5.43 Å². The minimum absolute atomic E-state index is 0.324. The lowest BCUT2D eigenvalue weighted by molar-refractivity contribution is 0.0949. The molecule has 0 aliphatic carbocycles. The fourth-order valence-corrected chi connectivity index (χ4v) is 2.94. The van der Waals surface area contributed by atoms with Crippen molar-refractivity contribution in [1.29, 1.82) is 0 Å². The van der Waals surface area contributed by atoms with Gasteiger partial charge in [0.2, 0.25) is 0 Å². The molecule has 7 heteroatoms. The van der Waals surface area contributed by atoms with Crippen molar-refractivity contribution in [2.45, 2.75) is 13.8 Å². The molecule has 3 aromatic rings. The molecule has 25 heavy (non-hydrogen) atoms. The Kier molecular flexibility index (Phi) is 5.25. The summed E-state index contributed by atoms with van der Waals surface area (Å²) in [4.78, 5) is 13.2. The van der Waals surface area contributed by atoms with Gasteiger partial charge in [0, 0.05) is 16.0 Å². The van der Waals surface area contributed by atoms with Gasteiger partial charge in [0.05, 0.1) is 18.5 Å². The Bertz CT molecular complexity index is 867. The highest BCUT2D eigenvalue weighted by molar-refractivity contribution is 7.11. The highest BCUT2D eigenvalue weighted by Crippen LogP contribution is 2.25. The number of nitrogens with zero attached hydrogens (tertiary/aromatic N) is 2. The van der Waals surface area contributed by atoms with Gasteiger partial charge >= 0.3 is 0 Å². The van der Waals surface area contributed by atoms with Crippen molar-refractivity contribution >= 4 is 23.5 Å². The lowest BCUT2D eigenvalue weighted by Gasteiger charge is -2.04. The molecule has 1 aromatic carbocycles. The number of ether oxygens (including phenoxy) is 1. The number of hydrogen-bond donors (Lipinski definition) is 2. The molecule has 0 unspecified atom stereocenters. The quantitative estimate of drug-likeness (QED) is 0.524. The number of nitrogens with one attached hydrogen (secondary N) is 2. The molecule has 0 aliphatic rings. The monoisotopic (exact) mass is 354 g/mol. The van der Waals surface area contributed by atoms with E-state index in [-0.39, 0.29) is 5.91 Å². The molecule has 0 spiro atoms. The molecule has 0 atom stereocenters. The van der Waals surface area contributed by atoms with E-state index in [1.165, 1.54) is 0 Å². The fourth-order valence-electron chi connectivity index (χ4n) is 2.35. The highest BCUT2D eigenvalue weighted by atomic mass is 32.1. The Morgan fingerprint density at radius 3 is 2.84 bits per heavy atom. The molecule has 0 aliphatic heterocycles. The van der Waals surface area contributed by atoms with Crippen LogP contribution in [0.5, 0.6) is 5.75 Å². The van der Waals surface area contributed by atoms with Gasteiger partial charge in [-0.15, -0.1) is 11.3 Å². The molecule has 3 rings (SSSR count). The molecule has 2 N–H and O–H groups in total. The number of carbonyl (C=O) groups is 1. The van der Waals surface area contributed by atoms with Crippen LogP contribution in [0.4, 0.5) is 0 Å². The van der Waals surface area contributed by atoms with Gasteiger partial charge in [-0.3, -0.25) is 9.89 Å². The maximum Gasteiger partial charge on any atom is 0.289 e. The second kappa shape index (κ2) is 7.76. The fraction of sp³-hybridized carbons (Fsp3) is 0.167. The van der Waals surface area contributed by atoms with E-state index in [2.05, 4.69) is 20.7 Å². The number of aromatic amines is 1. The van der Waals surface area contributed by atoms with Crippen LogP contribution in [-0.4, -0.2) is 28.9 Å². The normalized spacial score (nSPS) is 11.0. The Labute approximate surface area is 149 Å². The Hall–Kier alpha value is -2.93. The minimum Gasteiger partial charge on any atom is -0.494 e. The van der Waals surface area contributed by atoms with Gasteiger partial charge in [0.25, 0.3) is 5.91 Å². The van der Waals surface area contributed by atoms with Crippen LogP contribution in [0.15, 0.2) is 46.9 Å². The van der Waals surface area contributed by atoms with Gasteiger partial charge in [-0.1, -0.05) is 6.07 Å². The van der Waals surface area contributed by atoms with E-state index in [1.807, 2.05) is 55.6 Å². The van der Waals surface area contributed by atoms with Gasteiger partial charge in [-0.2, -0.15) is 10.2 Å². The minimum atomic E-state index is -0.324. The molecule has 0 saturated heterocycles. The molecular weight excluding hydrogens is 336 g/mol. The molecular formula is C18H18N4O2S. The average Bonchev–Trinajstić information content (AvgIpc) is 3.26. The number of carbonyl (C=O) groups excluding carboxylic acids is 1. The van der Waals surface area contributed by atoms with Gasteiger partial charge in [-0.05, 0) is 49.6 Å². The molecule has 128 valence electrons. The van der Waals surface area contributed by atoms with Crippen LogP contribution >= 0.6 is 11.3 Å². The Morgan fingerprint density at radius 2 is 2.16 bits per heavy atom. The first-order valence-corrected chi connectivity index (χ1v) is 8.72. The first-order chi connectivity index (χ1) is 12.2. The molecule has 0 bridgehead atoms. The van der Waals surface area contributed by atoms with Crippen molar-refractivity contribution in [3.8, 4) is 17.0 Å². The maximum absolute atomic E-state index is 12.3. The van der Waals surface area contributed by atoms with E-state index in [1.54, 1.807) is 17.6 Å². The van der Waals surface area contributed by atoms with E-state index in [4.69, 9.17) is 4.74 Å². The van der Waals surface area contributed by atoms with Crippen LogP contribution in [0.1, 0.15) is 27.9 Å². The molecule has 1 amide bonds. The van der Waals surface area contributed by atoms with Crippen LogP contribution in [0.2, 0.25) is 0 Å². The zero-order valence-corrected chi connectivity index (χ0v) is 14.8. The van der Waals surface area contributed by atoms with Crippen LogP contribution in [-0.2, 0) is 0 Å². The van der Waals surface area contributed by atoms with Crippen molar-refractivity contribution in [3.63, 3.8) is 0 Å². The number of benzene rings is 1. The third-order valence-electron chi connectivity index (χ3n) is 3.58. The second-order valence-electron chi connectivity index (χ2n) is 5.24. The van der Waals surface area contributed by atoms with E-state index in [9.17, 15) is 4.79 Å². The summed E-state index contributed by atoms with van der Waals surface area (Å²) < 4.78 is 5.44. The number of rotatable bonds is 6. The molecule has 2 aromatic heterocycles. The number of thiophene rings is 1. The van der Waals surface area contributed by atoms with Crippen LogP contribution in [0.3, 0.4) is 0 Å². The standard InChI is InChI=1S/C18H18N4O2S/c1-3-24-14-8-6-13(7-9-14)16-12(2)17(21-20-16)18(23)22-19-11-15-5-4-10-25-15/h4-11H,3H2,1-2H3,(H,20,21)(H,22,23). The van der Waals surface area contributed by atoms with Crippen molar-refractivity contribution in [3.05, 3.63) is 57.9 Å². The highest BCUT2D eigenvalue weighted by Gasteiger charge is 2.16. The van der Waals surface area contributed by atoms with Crippen molar-refractivity contribution in [1.82, 2.24) is 15.6 Å². The average molecular weight is 354 g/mol. The summed E-state index contributed by atoms with van der Waals surface area (Å²) >= 11 is 1.55. The topological polar surface area (TPSA) is 79.4 Å². The first kappa shape index (κ1) is 16.9. The lowest BCUT2D eigenvalue weighted by atomic mass is 10.1. The van der Waals surface area contributed by atoms with Gasteiger partial charge < -0.3 is 4.74 Å². The van der Waals surface area contributed by atoms with Gasteiger partial charge in [0.15, 0.2) is 0 Å². The summed E-state index contributed by atoms with van der Waals surface area (Å²) in [5.74, 6) is 0.482. The van der Waals surface area contributed by atoms with Crippen LogP contribution in [0, 0.1) is 6.92 Å². The first-order valence-electron chi connectivity index (χ1n) is 7.84. The predicted molar refractivity (Wildman–Crippen MR) is 99.3 cm³/mol. The Morgan fingerprint density at radius 1 is 1.36 bits per heavy atom. The number of H-pyrrole nitrogens is 1. The summed E-state index contributed by atoms with van der Waals surface area (Å²) in [5, 5.41) is 13.0. The third kappa shape index (κ3) is 3.95. The van der Waals surface area contributed by atoms with E-state index in [0.717, 1.165) is 27.4 Å². The number of amides is 1. The number of hydrazone groups is 1. The second-order valence-corrected chi connectivity index (χ2v) is 6.22. The van der Waals surface area contributed by atoms with Crippen molar-refractivity contribution < 1.29 is 9.53 Å². The smallest absolute Gasteiger partial charge is 0.289 e. The SMILES string of the molecule is CCOc1ccc(-c2n[nH]c(C(=O)NN=Cc3cccs3)c2C)cc1. The summed E-state index contributed by atoms with van der Waals surface area (Å²) in [7, 11) is 0. The van der Waals surface area contributed by atoms with Crippen molar-refractivity contribution in [2.24, 2.45) is 5.10 Å². The summed E-state index contributed by atoms with van der Waals surface area (Å²) in [5.41, 5.74) is 5.33. The molecule has 0 saturated carbocycles. The zero-order valence-electron chi connectivity index (χ0n) is 13.9. The molecule has 6 nitrogen and oxygen atoms in total. The van der Waals surface area contributed by atoms with E-state index in [0.29, 0.717) is 12.3 Å². The van der Waals surface area contributed by atoms with E-state index < -0.39 is 0 Å². The molecule has 0 radical (unpaired) electrons. The molecule has 0 fully saturated rings. The Balaban J connectivity index is 1.72. The largest absolute Gasteiger partial charge is 0.494 e. The summed E-state index contributed by atoms with van der Waals surface area (Å²) in [6.45, 7) is 4.42. The summed E-state index contributed by atoms with van der Waals surface area (Å²) in [6.07, 6.45) is 1.61. The number of hydrogen-bond acceptors (Lipinski definition) is 5. The zero-order chi connectivity index (χ0) is 17.6. The summed E-state index contributed by atoms with van der Waals surface area (Å²) in [6, 6.07) is 11.5. The number of aromatic nitrogens is 2. The predicted octanol–water partition coefficient (Wildman–Crippen LogP) is 3.61. The maximum atomic E-state index is 12.3. The van der Waals surface area contributed by atoms with E-state index >= 15 is 0 Å². The lowest BCUT2D eigenvalue weighted by Crippen LogP contribution is -2.19. The third-order valence-corrected chi connectivity index (χ3v) is 4.38. The molecule has 2 heterocycles. The van der Waals surface area contributed by atoms with Crippen molar-refractivity contribution in [2.75, 3.05) is 6.61 Å². The van der Waals surface area contributed by atoms with Crippen LogP contribution in [0.25, 0.3) is 11.3 Å². The van der Waals surface area contributed by atoms with Crippen LogP contribution < -0.4 is 10.2 Å². The van der Waals surface area contributed by atoms with Gasteiger partial charge in [0.1, 0.15) is 11.4 Å².